The SMILES string of the molecule is N#Cc1ccc(CCCNCCNS(=O)(=O)c2cc(-c3ccccc3)cc3cnccc23)cc1O. The molecule has 3 aromatic carbocycles. The maximum absolute atomic E-state index is 13.2. The molecule has 0 radical (unpaired) electrons. The monoisotopic (exact) mass is 486 g/mol. The number of benzene rings is 3. The molecule has 0 spiro atoms. The molecule has 0 unspecified atom stereocenters. The molecule has 0 bridgehead atoms. The summed E-state index contributed by atoms with van der Waals surface area (Å²) in [5, 5.41) is 23.3. The first-order chi connectivity index (χ1) is 17.0. The second-order valence-corrected chi connectivity index (χ2v) is 9.89. The molecule has 0 saturated heterocycles. The Balaban J connectivity index is 1.35. The lowest BCUT2D eigenvalue weighted by Gasteiger charge is -2.13. The van der Waals surface area contributed by atoms with Crippen molar-refractivity contribution in [3.05, 3.63) is 90.3 Å². The van der Waals surface area contributed by atoms with E-state index in [-0.39, 0.29) is 22.8 Å². The van der Waals surface area contributed by atoms with Gasteiger partial charge in [0.05, 0.1) is 10.5 Å². The number of nitrogens with one attached hydrogen (secondary N) is 2. The van der Waals surface area contributed by atoms with Gasteiger partial charge >= 0.3 is 0 Å². The first kappa shape index (κ1) is 24.4. The maximum atomic E-state index is 13.2. The van der Waals surface area contributed by atoms with Crippen LogP contribution in [-0.4, -0.2) is 38.1 Å². The van der Waals surface area contributed by atoms with Gasteiger partial charge in [0.15, 0.2) is 0 Å². The Morgan fingerprint density at radius 3 is 2.54 bits per heavy atom. The minimum atomic E-state index is -3.74. The summed E-state index contributed by atoms with van der Waals surface area (Å²) in [6.45, 7) is 1.43. The summed E-state index contributed by atoms with van der Waals surface area (Å²) in [5.41, 5.74) is 2.96. The van der Waals surface area contributed by atoms with Gasteiger partial charge in [-0.25, -0.2) is 13.1 Å². The fourth-order valence-corrected chi connectivity index (χ4v) is 5.20. The molecule has 4 aromatic rings. The van der Waals surface area contributed by atoms with Crippen LogP contribution in [-0.2, 0) is 16.4 Å². The van der Waals surface area contributed by atoms with Crippen LogP contribution in [0, 0.1) is 11.3 Å². The van der Waals surface area contributed by atoms with Crippen molar-refractivity contribution in [3.63, 3.8) is 0 Å². The van der Waals surface area contributed by atoms with Crippen molar-refractivity contribution in [1.82, 2.24) is 15.0 Å². The first-order valence-corrected chi connectivity index (χ1v) is 12.8. The third-order valence-electron chi connectivity index (χ3n) is 5.71. The van der Waals surface area contributed by atoms with Gasteiger partial charge in [-0.3, -0.25) is 4.98 Å². The summed E-state index contributed by atoms with van der Waals surface area (Å²) in [6, 6.07) is 22.0. The molecular weight excluding hydrogens is 460 g/mol. The fourth-order valence-electron chi connectivity index (χ4n) is 3.92. The summed E-state index contributed by atoms with van der Waals surface area (Å²) in [6.07, 6.45) is 4.83. The third kappa shape index (κ3) is 6.03. The Kier molecular flexibility index (Phi) is 7.73. The Hall–Kier alpha value is -3.77. The van der Waals surface area contributed by atoms with Crippen molar-refractivity contribution in [2.75, 3.05) is 19.6 Å². The predicted octanol–water partition coefficient (Wildman–Crippen LogP) is 3.98. The van der Waals surface area contributed by atoms with Crippen LogP contribution < -0.4 is 10.0 Å². The minimum Gasteiger partial charge on any atom is -0.507 e. The van der Waals surface area contributed by atoms with Crippen molar-refractivity contribution in [3.8, 4) is 22.9 Å². The number of phenolic OH excluding ortho intramolecular Hbond substituents is 1. The van der Waals surface area contributed by atoms with E-state index in [1.54, 1.807) is 36.7 Å². The summed E-state index contributed by atoms with van der Waals surface area (Å²) >= 11 is 0. The normalized spacial score (nSPS) is 11.4. The number of fused-ring (bicyclic) bond motifs is 1. The summed E-state index contributed by atoms with van der Waals surface area (Å²) in [5.74, 6) is -0.00740. The number of rotatable bonds is 10. The highest BCUT2D eigenvalue weighted by Crippen LogP contribution is 2.30. The molecule has 0 amide bonds. The number of sulfonamides is 1. The highest BCUT2D eigenvalue weighted by Gasteiger charge is 2.18. The van der Waals surface area contributed by atoms with Gasteiger partial charge in [-0.15, -0.1) is 0 Å². The van der Waals surface area contributed by atoms with Crippen LogP contribution >= 0.6 is 0 Å². The minimum absolute atomic E-state index is 0.00740. The molecule has 8 heteroatoms. The van der Waals surface area contributed by atoms with E-state index in [0.29, 0.717) is 18.5 Å². The quantitative estimate of drug-likeness (QED) is 0.292. The van der Waals surface area contributed by atoms with Crippen molar-refractivity contribution < 1.29 is 13.5 Å². The van der Waals surface area contributed by atoms with E-state index in [0.717, 1.165) is 34.9 Å². The molecule has 0 saturated carbocycles. The zero-order valence-electron chi connectivity index (χ0n) is 19.1. The molecule has 7 nitrogen and oxygen atoms in total. The zero-order valence-corrected chi connectivity index (χ0v) is 19.9. The van der Waals surface area contributed by atoms with Gasteiger partial charge in [0, 0.05) is 36.3 Å². The van der Waals surface area contributed by atoms with Crippen LogP contribution in [0.3, 0.4) is 0 Å². The Morgan fingerprint density at radius 2 is 1.77 bits per heavy atom. The Labute approximate surface area is 205 Å². The van der Waals surface area contributed by atoms with E-state index in [1.165, 1.54) is 0 Å². The number of hydrogen-bond donors (Lipinski definition) is 3. The molecule has 4 rings (SSSR count). The number of aryl methyl sites for hydroxylation is 1. The molecule has 1 heterocycles. The summed E-state index contributed by atoms with van der Waals surface area (Å²) in [4.78, 5) is 4.39. The van der Waals surface area contributed by atoms with Gasteiger partial charge in [-0.05, 0) is 66.4 Å². The van der Waals surface area contributed by atoms with Gasteiger partial charge in [0.25, 0.3) is 0 Å². The number of aromatic hydroxyl groups is 1. The maximum Gasteiger partial charge on any atom is 0.241 e. The van der Waals surface area contributed by atoms with Crippen LogP contribution in [0.5, 0.6) is 5.75 Å². The topological polar surface area (TPSA) is 115 Å². The number of pyridine rings is 1. The van der Waals surface area contributed by atoms with Crippen molar-refractivity contribution in [2.45, 2.75) is 17.7 Å². The average molecular weight is 487 g/mol. The lowest BCUT2D eigenvalue weighted by molar-refractivity contribution is 0.472. The van der Waals surface area contributed by atoms with Gasteiger partial charge in [0.2, 0.25) is 10.0 Å². The van der Waals surface area contributed by atoms with Gasteiger partial charge in [-0.1, -0.05) is 36.4 Å². The third-order valence-corrected chi connectivity index (χ3v) is 7.21. The van der Waals surface area contributed by atoms with Crippen LogP contribution in [0.2, 0.25) is 0 Å². The van der Waals surface area contributed by atoms with Gasteiger partial charge in [0.1, 0.15) is 11.8 Å². The lowest BCUT2D eigenvalue weighted by atomic mass is 10.0. The molecule has 1 aromatic heterocycles. The molecule has 178 valence electrons. The van der Waals surface area contributed by atoms with E-state index in [4.69, 9.17) is 5.26 Å². The Morgan fingerprint density at radius 1 is 0.943 bits per heavy atom. The predicted molar refractivity (Wildman–Crippen MR) is 136 cm³/mol. The molecule has 35 heavy (non-hydrogen) atoms. The van der Waals surface area contributed by atoms with E-state index in [1.807, 2.05) is 48.5 Å². The van der Waals surface area contributed by atoms with Crippen LogP contribution in [0.1, 0.15) is 17.5 Å². The highest BCUT2D eigenvalue weighted by molar-refractivity contribution is 7.89. The van der Waals surface area contributed by atoms with E-state index in [9.17, 15) is 13.5 Å². The number of aromatic nitrogens is 1. The molecule has 3 N–H and O–H groups in total. The largest absolute Gasteiger partial charge is 0.507 e. The number of phenols is 1. The number of hydrogen-bond acceptors (Lipinski definition) is 6. The van der Waals surface area contributed by atoms with Gasteiger partial charge < -0.3 is 10.4 Å². The molecule has 0 atom stereocenters. The Bertz CT molecular complexity index is 1470. The van der Waals surface area contributed by atoms with Crippen LogP contribution in [0.4, 0.5) is 0 Å². The van der Waals surface area contributed by atoms with E-state index in [2.05, 4.69) is 15.0 Å². The molecule has 0 fully saturated rings. The standard InChI is InChI=1S/C27H26N4O3S/c28-18-22-9-8-20(15-26(22)32)5-4-11-29-13-14-31-35(33,34)27-17-23(21-6-2-1-3-7-21)16-24-19-30-12-10-25(24)27/h1-3,6-10,12,15-17,19,29,31-32H,4-5,11,13-14H2. The van der Waals surface area contributed by atoms with Crippen molar-refractivity contribution >= 4 is 20.8 Å². The summed E-state index contributed by atoms with van der Waals surface area (Å²) in [7, 11) is -3.74. The molecule has 0 aliphatic rings. The number of nitriles is 1. The van der Waals surface area contributed by atoms with Crippen LogP contribution in [0.15, 0.2) is 84.0 Å². The van der Waals surface area contributed by atoms with Crippen LogP contribution in [0.25, 0.3) is 21.9 Å². The first-order valence-electron chi connectivity index (χ1n) is 11.3. The molecule has 0 aliphatic heterocycles. The van der Waals surface area contributed by atoms with Gasteiger partial charge in [-0.2, -0.15) is 5.26 Å². The number of nitrogens with zero attached hydrogens (tertiary/aromatic N) is 2. The van der Waals surface area contributed by atoms with E-state index >= 15 is 0 Å². The molecule has 0 aliphatic carbocycles. The second kappa shape index (κ2) is 11.1. The second-order valence-electron chi connectivity index (χ2n) is 8.15. The smallest absolute Gasteiger partial charge is 0.241 e. The average Bonchev–Trinajstić information content (AvgIpc) is 2.88. The highest BCUT2D eigenvalue weighted by atomic mass is 32.2. The lowest BCUT2D eigenvalue weighted by Crippen LogP contribution is -2.32. The van der Waals surface area contributed by atoms with Crippen molar-refractivity contribution in [1.29, 1.82) is 5.26 Å². The van der Waals surface area contributed by atoms with E-state index < -0.39 is 10.0 Å². The zero-order chi connectivity index (χ0) is 24.7. The summed E-state index contributed by atoms with van der Waals surface area (Å²) < 4.78 is 29.1. The fraction of sp³-hybridized carbons (Fsp3) is 0.185. The molecular formula is C27H26N4O3S. The van der Waals surface area contributed by atoms with Crippen molar-refractivity contribution in [2.24, 2.45) is 0 Å².